The van der Waals surface area contributed by atoms with E-state index in [1.54, 1.807) is 0 Å². The first-order valence-corrected chi connectivity index (χ1v) is 4.90. The lowest BCUT2D eigenvalue weighted by atomic mass is 10.4. The van der Waals surface area contributed by atoms with Crippen molar-refractivity contribution in [3.05, 3.63) is 0 Å². The fourth-order valence-corrected chi connectivity index (χ4v) is 1.11. The molecule has 13 heavy (non-hydrogen) atoms. The average molecular weight is 206 g/mol. The van der Waals surface area contributed by atoms with Gasteiger partial charge in [0.05, 0.1) is 6.61 Å². The molecule has 7 heteroatoms. The lowest BCUT2D eigenvalue weighted by molar-refractivity contribution is -0.185. The zero-order valence-electron chi connectivity index (χ0n) is 6.73. The zero-order chi connectivity index (χ0) is 9.84. The Bertz CT molecular complexity index is 237. The van der Waals surface area contributed by atoms with Gasteiger partial charge in [-0.2, -0.15) is 5.06 Å². The standard InChI is InChI=1S/C6H9NO5S/c8-5-1-2-6(9)7(5)12-3-4-13(10)11/h1-4H2,(H,10,11)/p-1. The number of nitrogens with zero attached hydrogens (tertiary/aromatic N) is 1. The number of hydrogen-bond donors (Lipinski definition) is 0. The lowest BCUT2D eigenvalue weighted by Gasteiger charge is -2.13. The third kappa shape index (κ3) is 2.87. The summed E-state index contributed by atoms with van der Waals surface area (Å²) >= 11 is -2.21. The van der Waals surface area contributed by atoms with E-state index in [9.17, 15) is 18.4 Å². The third-order valence-electron chi connectivity index (χ3n) is 1.48. The number of carbonyl (C=O) groups excluding carboxylic acids is 2. The van der Waals surface area contributed by atoms with E-state index < -0.39 is 22.9 Å². The number of rotatable bonds is 4. The molecule has 0 N–H and O–H groups in total. The molecule has 0 spiro atoms. The molecule has 0 aliphatic carbocycles. The fourth-order valence-electron chi connectivity index (χ4n) is 0.897. The summed E-state index contributed by atoms with van der Waals surface area (Å²) in [6.07, 6.45) is 0.276. The Kier molecular flexibility index (Phi) is 3.52. The van der Waals surface area contributed by atoms with Crippen molar-refractivity contribution in [2.24, 2.45) is 0 Å². The van der Waals surface area contributed by atoms with E-state index >= 15 is 0 Å². The van der Waals surface area contributed by atoms with E-state index in [0.717, 1.165) is 0 Å². The molecule has 6 nitrogen and oxygen atoms in total. The molecule has 0 radical (unpaired) electrons. The summed E-state index contributed by atoms with van der Waals surface area (Å²) in [5, 5.41) is 0.632. The molecule has 1 saturated heterocycles. The summed E-state index contributed by atoms with van der Waals surface area (Å²) < 4.78 is 20.1. The van der Waals surface area contributed by atoms with E-state index in [4.69, 9.17) is 0 Å². The second-order valence-electron chi connectivity index (χ2n) is 2.42. The molecule has 2 amide bonds. The maximum Gasteiger partial charge on any atom is 0.253 e. The van der Waals surface area contributed by atoms with Crippen molar-refractivity contribution in [1.29, 1.82) is 0 Å². The Morgan fingerprint density at radius 2 is 1.92 bits per heavy atom. The normalized spacial score (nSPS) is 19.6. The van der Waals surface area contributed by atoms with E-state index in [0.29, 0.717) is 5.06 Å². The van der Waals surface area contributed by atoms with Crippen LogP contribution in [0.5, 0.6) is 0 Å². The summed E-state index contributed by atoms with van der Waals surface area (Å²) in [6.45, 7) is -0.173. The summed E-state index contributed by atoms with van der Waals surface area (Å²) in [5.41, 5.74) is 0. The minimum absolute atomic E-state index is 0.138. The second kappa shape index (κ2) is 4.45. The first kappa shape index (κ1) is 10.3. The van der Waals surface area contributed by atoms with E-state index in [2.05, 4.69) is 4.84 Å². The average Bonchev–Trinajstić information content (AvgIpc) is 2.34. The Morgan fingerprint density at radius 3 is 2.38 bits per heavy atom. The minimum atomic E-state index is -2.21. The van der Waals surface area contributed by atoms with Crippen LogP contribution in [0.3, 0.4) is 0 Å². The summed E-state index contributed by atoms with van der Waals surface area (Å²) in [4.78, 5) is 26.5. The van der Waals surface area contributed by atoms with Crippen LogP contribution in [-0.2, 0) is 25.5 Å². The molecule has 0 aromatic heterocycles. The van der Waals surface area contributed by atoms with Crippen molar-refractivity contribution in [3.63, 3.8) is 0 Å². The fraction of sp³-hybridized carbons (Fsp3) is 0.667. The van der Waals surface area contributed by atoms with Crippen LogP contribution >= 0.6 is 0 Å². The van der Waals surface area contributed by atoms with Gasteiger partial charge < -0.3 is 4.55 Å². The van der Waals surface area contributed by atoms with E-state index in [1.807, 2.05) is 0 Å². The minimum Gasteiger partial charge on any atom is -0.772 e. The Morgan fingerprint density at radius 1 is 1.38 bits per heavy atom. The van der Waals surface area contributed by atoms with Gasteiger partial charge in [-0.1, -0.05) is 11.1 Å². The zero-order valence-corrected chi connectivity index (χ0v) is 7.54. The molecule has 1 heterocycles. The largest absolute Gasteiger partial charge is 0.772 e. The summed E-state index contributed by atoms with van der Waals surface area (Å²) in [5.74, 6) is -1.06. The van der Waals surface area contributed by atoms with Gasteiger partial charge in [0.25, 0.3) is 11.8 Å². The molecule has 1 rings (SSSR count). The van der Waals surface area contributed by atoms with Crippen LogP contribution in [0.15, 0.2) is 0 Å². The van der Waals surface area contributed by atoms with Crippen LogP contribution in [0.25, 0.3) is 0 Å². The first-order valence-electron chi connectivity index (χ1n) is 3.66. The molecule has 1 unspecified atom stereocenters. The summed E-state index contributed by atoms with van der Waals surface area (Å²) in [6, 6.07) is 0. The second-order valence-corrected chi connectivity index (χ2v) is 3.44. The molecule has 0 bridgehead atoms. The van der Waals surface area contributed by atoms with Crippen LogP contribution in [-0.4, -0.2) is 38.0 Å². The highest BCUT2D eigenvalue weighted by Gasteiger charge is 2.29. The predicted molar refractivity (Wildman–Crippen MR) is 40.8 cm³/mol. The van der Waals surface area contributed by atoms with Gasteiger partial charge in [-0.15, -0.1) is 0 Å². The number of imide groups is 1. The van der Waals surface area contributed by atoms with Gasteiger partial charge in [0.1, 0.15) is 0 Å². The Labute approximate surface area is 77.1 Å². The van der Waals surface area contributed by atoms with Gasteiger partial charge in [0.2, 0.25) is 0 Å². The molecule has 74 valence electrons. The molecule has 1 fully saturated rings. The highest BCUT2D eigenvalue weighted by Crippen LogP contribution is 2.11. The molecular formula is C6H8NO5S-. The van der Waals surface area contributed by atoms with Crippen LogP contribution < -0.4 is 0 Å². The lowest BCUT2D eigenvalue weighted by Crippen LogP contribution is -2.30. The van der Waals surface area contributed by atoms with Crippen molar-refractivity contribution in [1.82, 2.24) is 5.06 Å². The van der Waals surface area contributed by atoms with Crippen molar-refractivity contribution < 1.29 is 23.2 Å². The number of hydrogen-bond acceptors (Lipinski definition) is 5. The molecule has 0 saturated carbocycles. The quantitative estimate of drug-likeness (QED) is 0.432. The molecule has 1 aliphatic rings. The van der Waals surface area contributed by atoms with Gasteiger partial charge in [-0.05, 0) is 0 Å². The first-order chi connectivity index (χ1) is 6.11. The topological polar surface area (TPSA) is 86.7 Å². The molecule has 1 aliphatic heterocycles. The number of hydroxylamine groups is 2. The predicted octanol–water partition coefficient (Wildman–Crippen LogP) is -1.05. The summed E-state index contributed by atoms with van der Waals surface area (Å²) in [7, 11) is 0. The van der Waals surface area contributed by atoms with Crippen LogP contribution in [0.4, 0.5) is 0 Å². The van der Waals surface area contributed by atoms with Gasteiger partial charge in [0, 0.05) is 18.6 Å². The maximum absolute atomic E-state index is 10.9. The van der Waals surface area contributed by atoms with Crippen molar-refractivity contribution >= 4 is 22.9 Å². The van der Waals surface area contributed by atoms with Gasteiger partial charge in [-0.25, -0.2) is 0 Å². The molecular weight excluding hydrogens is 198 g/mol. The smallest absolute Gasteiger partial charge is 0.253 e. The Balaban J connectivity index is 2.31. The molecule has 0 aromatic rings. The van der Waals surface area contributed by atoms with Crippen LogP contribution in [0.1, 0.15) is 12.8 Å². The van der Waals surface area contributed by atoms with E-state index in [1.165, 1.54) is 0 Å². The SMILES string of the molecule is O=C1CCC(=O)N1OCCS(=O)[O-]. The Hall–Kier alpha value is -0.790. The van der Waals surface area contributed by atoms with Crippen LogP contribution in [0.2, 0.25) is 0 Å². The van der Waals surface area contributed by atoms with Gasteiger partial charge >= 0.3 is 0 Å². The van der Waals surface area contributed by atoms with Crippen molar-refractivity contribution in [2.45, 2.75) is 12.8 Å². The third-order valence-corrected chi connectivity index (χ3v) is 1.98. The number of carbonyl (C=O) groups is 2. The van der Waals surface area contributed by atoms with Crippen molar-refractivity contribution in [2.75, 3.05) is 12.4 Å². The van der Waals surface area contributed by atoms with Crippen molar-refractivity contribution in [3.8, 4) is 0 Å². The van der Waals surface area contributed by atoms with Crippen LogP contribution in [0, 0.1) is 0 Å². The number of amides is 2. The van der Waals surface area contributed by atoms with Gasteiger partial charge in [0.15, 0.2) is 0 Å². The molecule has 1 atom stereocenters. The van der Waals surface area contributed by atoms with Gasteiger partial charge in [-0.3, -0.25) is 18.6 Å². The highest BCUT2D eigenvalue weighted by atomic mass is 32.2. The monoisotopic (exact) mass is 206 g/mol. The molecule has 0 aromatic carbocycles. The van der Waals surface area contributed by atoms with E-state index in [-0.39, 0.29) is 25.2 Å². The highest BCUT2D eigenvalue weighted by molar-refractivity contribution is 7.79. The maximum atomic E-state index is 10.9.